The molecule has 0 unspecified atom stereocenters. The first-order valence-electron chi connectivity index (χ1n) is 5.84. The zero-order valence-corrected chi connectivity index (χ0v) is 11.1. The number of aromatic amines is 1. The molecule has 19 heavy (non-hydrogen) atoms. The minimum Gasteiger partial charge on any atom is -0.378 e. The van der Waals surface area contributed by atoms with Crippen LogP contribution in [0.3, 0.4) is 0 Å². The molecular formula is C10H15N5O3S. The second-order valence-corrected chi connectivity index (χ2v) is 4.85. The highest BCUT2D eigenvalue weighted by molar-refractivity contribution is 8.00. The Bertz CT molecular complexity index is 419. The van der Waals surface area contributed by atoms with Gasteiger partial charge in [0.25, 0.3) is 0 Å². The number of rotatable bonds is 5. The zero-order valence-electron chi connectivity index (χ0n) is 10.3. The van der Waals surface area contributed by atoms with Gasteiger partial charge in [0.05, 0.1) is 24.7 Å². The van der Waals surface area contributed by atoms with Crippen LogP contribution in [0.4, 0.5) is 5.95 Å². The molecule has 2 amide bonds. The van der Waals surface area contributed by atoms with Crippen LogP contribution in [0.25, 0.3) is 0 Å². The van der Waals surface area contributed by atoms with Crippen molar-refractivity contribution in [2.24, 2.45) is 0 Å². The second-order valence-electron chi connectivity index (χ2n) is 3.87. The second kappa shape index (κ2) is 7.10. The van der Waals surface area contributed by atoms with Gasteiger partial charge in [-0.05, 0) is 0 Å². The van der Waals surface area contributed by atoms with Crippen molar-refractivity contribution in [3.8, 4) is 0 Å². The topological polar surface area (TPSA) is 100 Å². The maximum atomic E-state index is 11.8. The Morgan fingerprint density at radius 2 is 2.21 bits per heavy atom. The molecule has 1 aliphatic rings. The molecule has 0 aliphatic carbocycles. The van der Waals surface area contributed by atoms with E-state index in [0.717, 1.165) is 0 Å². The molecule has 8 nitrogen and oxygen atoms in total. The standard InChI is InChI=1S/C10H15N5O3S/c16-8(13-10-11-7-12-14-10)5-19-6-9(17)15-1-3-18-4-2-15/h7H,1-6H2,(H2,11,12,13,14,16). The minimum atomic E-state index is -0.212. The van der Waals surface area contributed by atoms with E-state index in [9.17, 15) is 9.59 Å². The van der Waals surface area contributed by atoms with Crippen LogP contribution >= 0.6 is 11.8 Å². The lowest BCUT2D eigenvalue weighted by Gasteiger charge is -2.26. The molecule has 1 saturated heterocycles. The van der Waals surface area contributed by atoms with Crippen LogP contribution in [0.2, 0.25) is 0 Å². The van der Waals surface area contributed by atoms with Gasteiger partial charge in [-0.15, -0.1) is 11.8 Å². The Morgan fingerprint density at radius 1 is 1.42 bits per heavy atom. The normalized spacial score (nSPS) is 15.3. The summed E-state index contributed by atoms with van der Waals surface area (Å²) in [6, 6.07) is 0. The Hall–Kier alpha value is -1.61. The number of H-pyrrole nitrogens is 1. The maximum Gasteiger partial charge on any atom is 0.236 e. The number of thioether (sulfide) groups is 1. The number of ether oxygens (including phenoxy) is 1. The summed E-state index contributed by atoms with van der Waals surface area (Å²) in [5.41, 5.74) is 0. The van der Waals surface area contributed by atoms with Gasteiger partial charge in [0, 0.05) is 13.1 Å². The SMILES string of the molecule is O=C(CSCC(=O)N1CCOCC1)Nc1ncn[nH]1. The number of hydrogen-bond acceptors (Lipinski definition) is 6. The fourth-order valence-corrected chi connectivity index (χ4v) is 2.29. The van der Waals surface area contributed by atoms with Crippen LogP contribution in [-0.4, -0.2) is 69.7 Å². The molecule has 0 saturated carbocycles. The van der Waals surface area contributed by atoms with E-state index in [1.807, 2.05) is 0 Å². The lowest BCUT2D eigenvalue weighted by molar-refractivity contribution is -0.132. The van der Waals surface area contributed by atoms with Gasteiger partial charge in [-0.25, -0.2) is 5.10 Å². The Kier molecular flexibility index (Phi) is 5.16. The molecule has 1 aromatic rings. The molecule has 2 heterocycles. The Balaban J connectivity index is 1.62. The van der Waals surface area contributed by atoms with Gasteiger partial charge in [0.2, 0.25) is 17.8 Å². The molecule has 9 heteroatoms. The predicted molar refractivity (Wildman–Crippen MR) is 69.7 cm³/mol. The first-order chi connectivity index (χ1) is 9.25. The fourth-order valence-electron chi connectivity index (χ4n) is 1.57. The summed E-state index contributed by atoms with van der Waals surface area (Å²) < 4.78 is 5.17. The number of hydrogen-bond donors (Lipinski definition) is 2. The van der Waals surface area contributed by atoms with Crippen LogP contribution in [0.15, 0.2) is 6.33 Å². The third kappa shape index (κ3) is 4.52. The summed E-state index contributed by atoms with van der Waals surface area (Å²) >= 11 is 1.28. The first-order valence-corrected chi connectivity index (χ1v) is 6.99. The molecule has 104 valence electrons. The summed E-state index contributed by atoms with van der Waals surface area (Å²) in [6.45, 7) is 2.43. The van der Waals surface area contributed by atoms with Gasteiger partial charge in [-0.2, -0.15) is 10.1 Å². The summed E-state index contributed by atoms with van der Waals surface area (Å²) in [7, 11) is 0. The van der Waals surface area contributed by atoms with Crippen LogP contribution in [0.1, 0.15) is 0 Å². The molecule has 1 aromatic heterocycles. The zero-order chi connectivity index (χ0) is 13.5. The number of anilines is 1. The quantitative estimate of drug-likeness (QED) is 0.744. The van der Waals surface area contributed by atoms with Crippen LogP contribution < -0.4 is 5.32 Å². The van der Waals surface area contributed by atoms with Crippen LogP contribution in [-0.2, 0) is 14.3 Å². The highest BCUT2D eigenvalue weighted by atomic mass is 32.2. The van der Waals surface area contributed by atoms with E-state index < -0.39 is 0 Å². The van der Waals surface area contributed by atoms with Crippen LogP contribution in [0.5, 0.6) is 0 Å². The third-order valence-corrected chi connectivity index (χ3v) is 3.41. The van der Waals surface area contributed by atoms with Gasteiger partial charge in [0.15, 0.2) is 0 Å². The fraction of sp³-hybridized carbons (Fsp3) is 0.600. The van der Waals surface area contributed by atoms with Gasteiger partial charge in [-0.1, -0.05) is 0 Å². The van der Waals surface area contributed by atoms with E-state index in [-0.39, 0.29) is 17.6 Å². The average molecular weight is 285 g/mol. The number of morpholine rings is 1. The molecule has 0 aromatic carbocycles. The summed E-state index contributed by atoms with van der Waals surface area (Å²) in [6.07, 6.45) is 1.31. The highest BCUT2D eigenvalue weighted by Gasteiger charge is 2.16. The van der Waals surface area contributed by atoms with Crippen molar-refractivity contribution in [1.29, 1.82) is 0 Å². The summed E-state index contributed by atoms with van der Waals surface area (Å²) in [5, 5.41) is 8.68. The van der Waals surface area contributed by atoms with E-state index in [2.05, 4.69) is 20.5 Å². The number of carbonyl (C=O) groups is 2. The largest absolute Gasteiger partial charge is 0.378 e. The van der Waals surface area contributed by atoms with Crippen molar-refractivity contribution in [3.05, 3.63) is 6.33 Å². The summed E-state index contributed by atoms with van der Waals surface area (Å²) in [4.78, 5) is 28.8. The van der Waals surface area contributed by atoms with Crippen molar-refractivity contribution >= 4 is 29.5 Å². The van der Waals surface area contributed by atoms with E-state index in [1.165, 1.54) is 18.1 Å². The molecule has 0 radical (unpaired) electrons. The smallest absolute Gasteiger partial charge is 0.236 e. The molecule has 2 rings (SSSR count). The monoisotopic (exact) mass is 285 g/mol. The van der Waals surface area contributed by atoms with E-state index in [1.54, 1.807) is 4.90 Å². The van der Waals surface area contributed by atoms with Gasteiger partial charge in [0.1, 0.15) is 6.33 Å². The molecule has 0 spiro atoms. The van der Waals surface area contributed by atoms with Crippen molar-refractivity contribution in [2.75, 3.05) is 43.1 Å². The van der Waals surface area contributed by atoms with Gasteiger partial charge < -0.3 is 9.64 Å². The number of nitrogens with zero attached hydrogens (tertiary/aromatic N) is 3. The lowest BCUT2D eigenvalue weighted by atomic mass is 10.4. The first kappa shape index (κ1) is 13.8. The van der Waals surface area contributed by atoms with Gasteiger partial charge >= 0.3 is 0 Å². The molecule has 0 atom stereocenters. The van der Waals surface area contributed by atoms with Crippen molar-refractivity contribution in [1.82, 2.24) is 20.1 Å². The number of nitrogens with one attached hydrogen (secondary N) is 2. The highest BCUT2D eigenvalue weighted by Crippen LogP contribution is 2.06. The molecule has 2 N–H and O–H groups in total. The van der Waals surface area contributed by atoms with E-state index >= 15 is 0 Å². The van der Waals surface area contributed by atoms with E-state index in [4.69, 9.17) is 4.74 Å². The predicted octanol–water partition coefficient (Wildman–Crippen LogP) is -0.665. The van der Waals surface area contributed by atoms with Crippen molar-refractivity contribution < 1.29 is 14.3 Å². The minimum absolute atomic E-state index is 0.0424. The van der Waals surface area contributed by atoms with Crippen LogP contribution in [0, 0.1) is 0 Å². The molecule has 0 bridgehead atoms. The van der Waals surface area contributed by atoms with E-state index in [0.29, 0.717) is 38.0 Å². The Labute approximate surface area is 114 Å². The molecule has 1 fully saturated rings. The van der Waals surface area contributed by atoms with Crippen molar-refractivity contribution in [2.45, 2.75) is 0 Å². The third-order valence-electron chi connectivity index (χ3n) is 2.50. The molecule has 1 aliphatic heterocycles. The average Bonchev–Trinajstić information content (AvgIpc) is 2.92. The Morgan fingerprint density at radius 3 is 2.89 bits per heavy atom. The number of amides is 2. The maximum absolute atomic E-state index is 11.8. The molecular weight excluding hydrogens is 270 g/mol. The number of carbonyl (C=O) groups excluding carboxylic acids is 2. The summed E-state index contributed by atoms with van der Waals surface area (Å²) in [5.74, 6) is 0.642. The van der Waals surface area contributed by atoms with Gasteiger partial charge in [-0.3, -0.25) is 14.9 Å². The number of aromatic nitrogens is 3. The lowest BCUT2D eigenvalue weighted by Crippen LogP contribution is -2.41. The van der Waals surface area contributed by atoms with Crippen molar-refractivity contribution in [3.63, 3.8) is 0 Å².